The first-order valence-electron chi connectivity index (χ1n) is 6.01. The van der Waals surface area contributed by atoms with E-state index in [-0.39, 0.29) is 18.8 Å². The van der Waals surface area contributed by atoms with Gasteiger partial charge in [-0.15, -0.1) is 0 Å². The Morgan fingerprint density at radius 1 is 1.39 bits per heavy atom. The normalized spacial score (nSPS) is 28.7. The fourth-order valence-corrected chi connectivity index (χ4v) is 3.98. The number of nitrogens with one attached hydrogen (secondary N) is 2. The average molecular weight is 275 g/mol. The van der Waals surface area contributed by atoms with E-state index in [1.165, 1.54) is 4.31 Å². The van der Waals surface area contributed by atoms with Crippen molar-refractivity contribution in [3.05, 3.63) is 0 Å². The molecular formula is C10H17N3O4S. The molecule has 2 aliphatic heterocycles. The van der Waals surface area contributed by atoms with Crippen molar-refractivity contribution in [2.45, 2.75) is 31.7 Å². The van der Waals surface area contributed by atoms with Crippen LogP contribution in [0.25, 0.3) is 0 Å². The Hall–Kier alpha value is -1.15. The van der Waals surface area contributed by atoms with Crippen LogP contribution in [-0.4, -0.2) is 49.0 Å². The number of carbonyl (C=O) groups is 2. The molecule has 0 radical (unpaired) electrons. The third-order valence-electron chi connectivity index (χ3n) is 3.40. The zero-order valence-corrected chi connectivity index (χ0v) is 11.0. The lowest BCUT2D eigenvalue weighted by Crippen LogP contribution is -2.49. The van der Waals surface area contributed by atoms with E-state index in [0.29, 0.717) is 12.8 Å². The maximum absolute atomic E-state index is 12.0. The van der Waals surface area contributed by atoms with Crippen molar-refractivity contribution >= 4 is 22.0 Å². The van der Waals surface area contributed by atoms with Crippen molar-refractivity contribution in [2.75, 3.05) is 18.8 Å². The molecule has 1 spiro atoms. The van der Waals surface area contributed by atoms with Gasteiger partial charge in [-0.2, -0.15) is 4.31 Å². The number of unbranched alkanes of at least 4 members (excludes halogenated alkanes) is 1. The first-order chi connectivity index (χ1) is 8.39. The molecule has 2 aliphatic rings. The van der Waals surface area contributed by atoms with Crippen LogP contribution in [0, 0.1) is 0 Å². The van der Waals surface area contributed by atoms with E-state index < -0.39 is 27.5 Å². The topological polar surface area (TPSA) is 95.6 Å². The van der Waals surface area contributed by atoms with Gasteiger partial charge in [0.05, 0.1) is 5.75 Å². The Labute approximate surface area is 106 Å². The van der Waals surface area contributed by atoms with Crippen LogP contribution >= 0.6 is 0 Å². The number of hydrogen-bond donors (Lipinski definition) is 2. The van der Waals surface area contributed by atoms with Gasteiger partial charge in [-0.1, -0.05) is 13.3 Å². The van der Waals surface area contributed by atoms with Crippen molar-refractivity contribution < 1.29 is 18.0 Å². The van der Waals surface area contributed by atoms with E-state index in [9.17, 15) is 18.0 Å². The van der Waals surface area contributed by atoms with Crippen molar-refractivity contribution in [3.63, 3.8) is 0 Å². The lowest BCUT2D eigenvalue weighted by molar-refractivity contribution is -0.123. The molecule has 0 aromatic heterocycles. The highest BCUT2D eigenvalue weighted by Gasteiger charge is 2.52. The average Bonchev–Trinajstić information content (AvgIpc) is 2.83. The summed E-state index contributed by atoms with van der Waals surface area (Å²) in [7, 11) is -3.32. The Morgan fingerprint density at radius 3 is 2.67 bits per heavy atom. The highest BCUT2D eigenvalue weighted by molar-refractivity contribution is 7.89. The summed E-state index contributed by atoms with van der Waals surface area (Å²) in [5.41, 5.74) is -1.06. The fourth-order valence-electron chi connectivity index (χ4n) is 2.28. The summed E-state index contributed by atoms with van der Waals surface area (Å²) in [6, 6.07) is -0.548. The molecule has 2 heterocycles. The molecule has 8 heteroatoms. The Morgan fingerprint density at radius 2 is 2.11 bits per heavy atom. The number of sulfonamides is 1. The third-order valence-corrected chi connectivity index (χ3v) is 5.30. The fraction of sp³-hybridized carbons (Fsp3) is 0.800. The van der Waals surface area contributed by atoms with Gasteiger partial charge in [-0.25, -0.2) is 13.2 Å². The van der Waals surface area contributed by atoms with Gasteiger partial charge in [0.2, 0.25) is 10.0 Å². The molecule has 7 nitrogen and oxygen atoms in total. The molecule has 2 N–H and O–H groups in total. The van der Waals surface area contributed by atoms with E-state index in [1.807, 2.05) is 6.92 Å². The summed E-state index contributed by atoms with van der Waals surface area (Å²) in [4.78, 5) is 22.8. The summed E-state index contributed by atoms with van der Waals surface area (Å²) < 4.78 is 25.3. The second kappa shape index (κ2) is 4.51. The van der Waals surface area contributed by atoms with Gasteiger partial charge in [0.25, 0.3) is 5.91 Å². The van der Waals surface area contributed by atoms with Crippen LogP contribution < -0.4 is 10.6 Å². The van der Waals surface area contributed by atoms with E-state index >= 15 is 0 Å². The molecule has 0 aromatic rings. The van der Waals surface area contributed by atoms with Crippen LogP contribution in [0.2, 0.25) is 0 Å². The molecular weight excluding hydrogens is 258 g/mol. The lowest BCUT2D eigenvalue weighted by Gasteiger charge is -2.20. The van der Waals surface area contributed by atoms with Crippen molar-refractivity contribution in [1.29, 1.82) is 0 Å². The predicted molar refractivity (Wildman–Crippen MR) is 64.3 cm³/mol. The molecule has 0 bridgehead atoms. The van der Waals surface area contributed by atoms with Crippen LogP contribution in [0.5, 0.6) is 0 Å². The zero-order chi connectivity index (χ0) is 13.4. The highest BCUT2D eigenvalue weighted by Crippen LogP contribution is 2.27. The molecule has 102 valence electrons. The molecule has 2 saturated heterocycles. The third kappa shape index (κ3) is 2.22. The van der Waals surface area contributed by atoms with E-state index in [2.05, 4.69) is 10.6 Å². The standard InChI is InChI=1S/C10H17N3O4S/c1-2-3-6-18(16,17)13-5-4-10(7-13)8(14)11-9(15)12-10/h2-7H2,1H3,(H2,11,12,14,15). The first kappa shape index (κ1) is 13.3. The zero-order valence-electron chi connectivity index (χ0n) is 10.2. The molecule has 3 amide bonds. The van der Waals surface area contributed by atoms with Crippen LogP contribution in [-0.2, 0) is 14.8 Å². The van der Waals surface area contributed by atoms with Gasteiger partial charge in [0.15, 0.2) is 0 Å². The summed E-state index contributed by atoms with van der Waals surface area (Å²) in [5, 5.41) is 4.69. The van der Waals surface area contributed by atoms with E-state index in [4.69, 9.17) is 0 Å². The van der Waals surface area contributed by atoms with Gasteiger partial charge in [0, 0.05) is 13.1 Å². The minimum atomic E-state index is -3.32. The van der Waals surface area contributed by atoms with Gasteiger partial charge >= 0.3 is 6.03 Å². The number of urea groups is 1. The summed E-state index contributed by atoms with van der Waals surface area (Å²) in [6.07, 6.45) is 1.73. The highest BCUT2D eigenvalue weighted by atomic mass is 32.2. The molecule has 1 unspecified atom stereocenters. The molecule has 0 aromatic carbocycles. The van der Waals surface area contributed by atoms with Gasteiger partial charge < -0.3 is 5.32 Å². The van der Waals surface area contributed by atoms with Crippen LogP contribution in [0.1, 0.15) is 26.2 Å². The Kier molecular flexibility index (Phi) is 3.33. The first-order valence-corrected chi connectivity index (χ1v) is 7.62. The smallest absolute Gasteiger partial charge is 0.322 e. The quantitative estimate of drug-likeness (QED) is 0.670. The van der Waals surface area contributed by atoms with Crippen molar-refractivity contribution in [1.82, 2.24) is 14.9 Å². The van der Waals surface area contributed by atoms with Crippen molar-refractivity contribution in [2.24, 2.45) is 0 Å². The molecule has 2 rings (SSSR count). The number of amides is 3. The SMILES string of the molecule is CCCCS(=O)(=O)N1CCC2(C1)NC(=O)NC2=O. The molecule has 0 saturated carbocycles. The van der Waals surface area contributed by atoms with Gasteiger partial charge in [-0.05, 0) is 12.8 Å². The predicted octanol–water partition coefficient (Wildman–Crippen LogP) is -0.600. The molecule has 18 heavy (non-hydrogen) atoms. The number of hydrogen-bond acceptors (Lipinski definition) is 4. The Bertz CT molecular complexity index is 476. The second-order valence-corrected chi connectivity index (χ2v) is 6.83. The summed E-state index contributed by atoms with van der Waals surface area (Å²) in [6.45, 7) is 2.24. The molecule has 0 aliphatic carbocycles. The number of carbonyl (C=O) groups excluding carboxylic acids is 2. The van der Waals surface area contributed by atoms with E-state index in [1.54, 1.807) is 0 Å². The maximum Gasteiger partial charge on any atom is 0.322 e. The molecule has 2 fully saturated rings. The summed E-state index contributed by atoms with van der Waals surface area (Å²) >= 11 is 0. The van der Waals surface area contributed by atoms with Gasteiger partial charge in [-0.3, -0.25) is 10.1 Å². The minimum Gasteiger partial charge on any atom is -0.322 e. The van der Waals surface area contributed by atoms with Crippen LogP contribution in [0.4, 0.5) is 4.79 Å². The van der Waals surface area contributed by atoms with E-state index in [0.717, 1.165) is 6.42 Å². The largest absolute Gasteiger partial charge is 0.322 e. The Balaban J connectivity index is 2.09. The van der Waals surface area contributed by atoms with Crippen molar-refractivity contribution in [3.8, 4) is 0 Å². The monoisotopic (exact) mass is 275 g/mol. The van der Waals surface area contributed by atoms with Crippen LogP contribution in [0.15, 0.2) is 0 Å². The number of rotatable bonds is 4. The summed E-state index contributed by atoms with van der Waals surface area (Å²) in [5.74, 6) is -0.338. The maximum atomic E-state index is 12.0. The second-order valence-electron chi connectivity index (χ2n) is 4.74. The van der Waals surface area contributed by atoms with Crippen LogP contribution in [0.3, 0.4) is 0 Å². The number of imide groups is 1. The molecule has 1 atom stereocenters. The number of nitrogens with zero attached hydrogens (tertiary/aromatic N) is 1. The van der Waals surface area contributed by atoms with Gasteiger partial charge in [0.1, 0.15) is 5.54 Å². The minimum absolute atomic E-state index is 0.0383. The lowest BCUT2D eigenvalue weighted by atomic mass is 10.00.